The molecule has 15 heavy (non-hydrogen) atoms. The maximum atomic E-state index is 5.35. The number of hydrogen-bond acceptors (Lipinski definition) is 4. The molecule has 0 aromatic carbocycles. The van der Waals surface area contributed by atoms with Crippen molar-refractivity contribution in [3.05, 3.63) is 0 Å². The van der Waals surface area contributed by atoms with E-state index in [0.29, 0.717) is 19.3 Å². The van der Waals surface area contributed by atoms with E-state index in [1.165, 1.54) is 6.42 Å². The van der Waals surface area contributed by atoms with Gasteiger partial charge in [-0.2, -0.15) is 0 Å². The van der Waals surface area contributed by atoms with Crippen molar-refractivity contribution in [2.75, 3.05) is 47.2 Å². The molecule has 0 spiro atoms. The zero-order valence-electron chi connectivity index (χ0n) is 10.3. The van der Waals surface area contributed by atoms with E-state index >= 15 is 0 Å². The summed E-state index contributed by atoms with van der Waals surface area (Å²) in [5.74, 6) is 0. The Morgan fingerprint density at radius 3 is 2.47 bits per heavy atom. The third-order valence-electron chi connectivity index (χ3n) is 2.12. The van der Waals surface area contributed by atoms with Gasteiger partial charge in [0.25, 0.3) is 0 Å². The molecule has 1 N–H and O–H groups in total. The summed E-state index contributed by atoms with van der Waals surface area (Å²) < 4.78 is 15.4. The van der Waals surface area contributed by atoms with Gasteiger partial charge in [0.2, 0.25) is 0 Å². The van der Waals surface area contributed by atoms with Gasteiger partial charge in [-0.25, -0.2) is 0 Å². The second kappa shape index (κ2) is 11.9. The summed E-state index contributed by atoms with van der Waals surface area (Å²) in [7, 11) is 3.41. The molecule has 0 amide bonds. The minimum absolute atomic E-state index is 0.450. The summed E-state index contributed by atoms with van der Waals surface area (Å²) in [6, 6.07) is 0.450. The lowest BCUT2D eigenvalue weighted by molar-refractivity contribution is 0.0688. The highest BCUT2D eigenvalue weighted by molar-refractivity contribution is 4.64. The van der Waals surface area contributed by atoms with E-state index in [4.69, 9.17) is 14.2 Å². The van der Waals surface area contributed by atoms with Crippen molar-refractivity contribution in [1.29, 1.82) is 0 Å². The highest BCUT2D eigenvalue weighted by Crippen LogP contribution is 1.96. The van der Waals surface area contributed by atoms with Crippen LogP contribution in [0.1, 0.15) is 19.8 Å². The first-order chi connectivity index (χ1) is 7.35. The van der Waals surface area contributed by atoms with Gasteiger partial charge in [0.1, 0.15) is 0 Å². The van der Waals surface area contributed by atoms with E-state index in [9.17, 15) is 0 Å². The van der Waals surface area contributed by atoms with E-state index in [-0.39, 0.29) is 0 Å². The van der Waals surface area contributed by atoms with Crippen molar-refractivity contribution in [1.82, 2.24) is 5.32 Å². The van der Waals surface area contributed by atoms with Gasteiger partial charge in [-0.05, 0) is 6.42 Å². The lowest BCUT2D eigenvalue weighted by atomic mass is 10.2. The maximum Gasteiger partial charge on any atom is 0.0700 e. The fraction of sp³-hybridized carbons (Fsp3) is 1.00. The number of nitrogens with one attached hydrogen (secondary N) is 1. The minimum Gasteiger partial charge on any atom is -0.383 e. The summed E-state index contributed by atoms with van der Waals surface area (Å²) in [6.45, 7) is 5.88. The smallest absolute Gasteiger partial charge is 0.0700 e. The van der Waals surface area contributed by atoms with Gasteiger partial charge in [0.15, 0.2) is 0 Å². The first-order valence-electron chi connectivity index (χ1n) is 5.64. The van der Waals surface area contributed by atoms with Gasteiger partial charge in [0, 0.05) is 26.8 Å². The fourth-order valence-corrected chi connectivity index (χ4v) is 1.37. The molecule has 1 unspecified atom stereocenters. The van der Waals surface area contributed by atoms with Crippen molar-refractivity contribution < 1.29 is 14.2 Å². The fourth-order valence-electron chi connectivity index (χ4n) is 1.37. The molecular formula is C11H25NO3. The first-order valence-corrected chi connectivity index (χ1v) is 5.64. The van der Waals surface area contributed by atoms with E-state index in [1.807, 2.05) is 0 Å². The number of ether oxygens (including phenoxy) is 3. The Morgan fingerprint density at radius 2 is 1.87 bits per heavy atom. The molecule has 4 nitrogen and oxygen atoms in total. The molecule has 0 radical (unpaired) electrons. The number of rotatable bonds is 11. The molecule has 0 fully saturated rings. The largest absolute Gasteiger partial charge is 0.383 e. The lowest BCUT2D eigenvalue weighted by Gasteiger charge is -2.16. The summed E-state index contributed by atoms with van der Waals surface area (Å²) in [5.41, 5.74) is 0. The molecule has 1 atom stereocenters. The van der Waals surface area contributed by atoms with Crippen LogP contribution < -0.4 is 5.32 Å². The molecule has 0 saturated carbocycles. The molecule has 0 aromatic heterocycles. The third-order valence-corrected chi connectivity index (χ3v) is 2.12. The van der Waals surface area contributed by atoms with Gasteiger partial charge in [-0.1, -0.05) is 13.3 Å². The van der Waals surface area contributed by atoms with E-state index in [2.05, 4.69) is 12.2 Å². The molecule has 92 valence electrons. The predicted octanol–water partition coefficient (Wildman–Crippen LogP) is 1.05. The standard InChI is InChI=1S/C11H25NO3/c1-4-5-11(10-14-3)12-6-7-15-9-8-13-2/h11-12H,4-10H2,1-3H3. The van der Waals surface area contributed by atoms with E-state index < -0.39 is 0 Å². The highest BCUT2D eigenvalue weighted by Gasteiger charge is 2.05. The van der Waals surface area contributed by atoms with Crippen molar-refractivity contribution in [3.63, 3.8) is 0 Å². The molecule has 4 heteroatoms. The second-order valence-corrected chi connectivity index (χ2v) is 3.50. The average molecular weight is 219 g/mol. The van der Waals surface area contributed by atoms with Crippen LogP contribution in [0.25, 0.3) is 0 Å². The Hall–Kier alpha value is -0.160. The van der Waals surface area contributed by atoms with Gasteiger partial charge in [-0.15, -0.1) is 0 Å². The molecule has 0 rings (SSSR count). The van der Waals surface area contributed by atoms with Crippen LogP contribution in [0.15, 0.2) is 0 Å². The number of methoxy groups -OCH3 is 2. The van der Waals surface area contributed by atoms with Crippen molar-refractivity contribution in [2.24, 2.45) is 0 Å². The van der Waals surface area contributed by atoms with Crippen LogP contribution in [-0.2, 0) is 14.2 Å². The van der Waals surface area contributed by atoms with E-state index in [0.717, 1.165) is 26.2 Å². The zero-order chi connectivity index (χ0) is 11.4. The van der Waals surface area contributed by atoms with Crippen molar-refractivity contribution in [2.45, 2.75) is 25.8 Å². The Bertz CT molecular complexity index is 116. The topological polar surface area (TPSA) is 39.7 Å². The molecule has 0 aliphatic heterocycles. The minimum atomic E-state index is 0.450. The monoisotopic (exact) mass is 219 g/mol. The van der Waals surface area contributed by atoms with Crippen LogP contribution in [0.5, 0.6) is 0 Å². The summed E-state index contributed by atoms with van der Waals surface area (Å²) in [4.78, 5) is 0. The molecule has 0 aliphatic carbocycles. The lowest BCUT2D eigenvalue weighted by Crippen LogP contribution is -2.35. The van der Waals surface area contributed by atoms with Crippen LogP contribution in [0, 0.1) is 0 Å². The van der Waals surface area contributed by atoms with Crippen LogP contribution in [-0.4, -0.2) is 53.2 Å². The average Bonchev–Trinajstić information content (AvgIpc) is 2.24. The summed E-state index contributed by atoms with van der Waals surface area (Å²) in [6.07, 6.45) is 2.32. The van der Waals surface area contributed by atoms with Crippen LogP contribution in [0.3, 0.4) is 0 Å². The van der Waals surface area contributed by atoms with Crippen LogP contribution in [0.4, 0.5) is 0 Å². The Kier molecular flexibility index (Phi) is 11.8. The quantitative estimate of drug-likeness (QED) is 0.527. The predicted molar refractivity (Wildman–Crippen MR) is 61.3 cm³/mol. The van der Waals surface area contributed by atoms with Gasteiger partial charge < -0.3 is 19.5 Å². The summed E-state index contributed by atoms with van der Waals surface area (Å²) in [5, 5.41) is 3.41. The third kappa shape index (κ3) is 10.1. The van der Waals surface area contributed by atoms with Crippen molar-refractivity contribution >= 4 is 0 Å². The van der Waals surface area contributed by atoms with Gasteiger partial charge >= 0.3 is 0 Å². The van der Waals surface area contributed by atoms with Gasteiger partial charge in [-0.3, -0.25) is 0 Å². The van der Waals surface area contributed by atoms with E-state index in [1.54, 1.807) is 14.2 Å². The summed E-state index contributed by atoms with van der Waals surface area (Å²) >= 11 is 0. The number of hydrogen-bond donors (Lipinski definition) is 1. The molecule has 0 aromatic rings. The Labute approximate surface area is 93.3 Å². The zero-order valence-corrected chi connectivity index (χ0v) is 10.3. The van der Waals surface area contributed by atoms with Crippen LogP contribution in [0.2, 0.25) is 0 Å². The van der Waals surface area contributed by atoms with Crippen LogP contribution >= 0.6 is 0 Å². The molecule has 0 bridgehead atoms. The van der Waals surface area contributed by atoms with Crippen molar-refractivity contribution in [3.8, 4) is 0 Å². The normalized spacial score (nSPS) is 13.0. The molecule has 0 aliphatic rings. The van der Waals surface area contributed by atoms with Gasteiger partial charge in [0.05, 0.1) is 26.4 Å². The molecule has 0 heterocycles. The SMILES string of the molecule is CCCC(COC)NCCOCCOC. The molecular weight excluding hydrogens is 194 g/mol. The highest BCUT2D eigenvalue weighted by atomic mass is 16.5. The second-order valence-electron chi connectivity index (χ2n) is 3.50. The molecule has 0 saturated heterocycles. The maximum absolute atomic E-state index is 5.35. The Balaban J connectivity index is 3.28. The Morgan fingerprint density at radius 1 is 1.07 bits per heavy atom. The first kappa shape index (κ1) is 14.8.